The van der Waals surface area contributed by atoms with Crippen LogP contribution in [0.2, 0.25) is 5.02 Å². The van der Waals surface area contributed by atoms with Crippen LogP contribution >= 0.6 is 11.6 Å². The Balaban J connectivity index is 2.41. The first-order chi connectivity index (χ1) is 14.9. The van der Waals surface area contributed by atoms with Crippen LogP contribution < -0.4 is 9.62 Å². The van der Waals surface area contributed by atoms with E-state index >= 15 is 0 Å². The average Bonchev–Trinajstić information content (AvgIpc) is 2.75. The number of carbonyl (C=O) groups excluding carboxylic acids is 2. The van der Waals surface area contributed by atoms with E-state index in [4.69, 9.17) is 11.6 Å². The van der Waals surface area contributed by atoms with E-state index in [0.29, 0.717) is 10.6 Å². The van der Waals surface area contributed by atoms with Crippen molar-refractivity contribution in [1.82, 2.24) is 10.2 Å². The minimum atomic E-state index is -3.97. The van der Waals surface area contributed by atoms with Crippen LogP contribution in [-0.2, 0) is 26.2 Å². The fourth-order valence-corrected chi connectivity index (χ4v) is 3.92. The first kappa shape index (κ1) is 25.1. The number of nitro benzene ring substituents is 1. The molecule has 0 aliphatic rings. The fraction of sp³-hybridized carbons (Fsp3) is 0.300. The van der Waals surface area contributed by atoms with Crippen molar-refractivity contribution >= 4 is 44.8 Å². The lowest BCUT2D eigenvalue weighted by Crippen LogP contribution is -2.50. The Bertz CT molecular complexity index is 1110. The Labute approximate surface area is 191 Å². The Hall–Kier alpha value is -3.18. The van der Waals surface area contributed by atoms with Crippen molar-refractivity contribution in [2.24, 2.45) is 0 Å². The van der Waals surface area contributed by atoms with Gasteiger partial charge in [0, 0.05) is 30.7 Å². The first-order valence-electron chi connectivity index (χ1n) is 9.41. The van der Waals surface area contributed by atoms with Crippen molar-refractivity contribution in [3.63, 3.8) is 0 Å². The summed E-state index contributed by atoms with van der Waals surface area (Å²) in [4.78, 5) is 37.1. The highest BCUT2D eigenvalue weighted by molar-refractivity contribution is 7.92. The topological polar surface area (TPSA) is 130 Å². The highest BCUT2D eigenvalue weighted by Crippen LogP contribution is 2.24. The predicted octanol–water partition coefficient (Wildman–Crippen LogP) is 2.18. The van der Waals surface area contributed by atoms with E-state index in [1.165, 1.54) is 37.1 Å². The normalized spacial score (nSPS) is 12.0. The summed E-state index contributed by atoms with van der Waals surface area (Å²) in [6.45, 7) is 0.900. The molecule has 0 radical (unpaired) electrons. The summed E-state index contributed by atoms with van der Waals surface area (Å²) < 4.78 is 25.6. The third kappa shape index (κ3) is 6.41. The van der Waals surface area contributed by atoms with Gasteiger partial charge in [0.05, 0.1) is 16.9 Å². The highest BCUT2D eigenvalue weighted by Gasteiger charge is 2.30. The molecule has 1 N–H and O–H groups in total. The van der Waals surface area contributed by atoms with Crippen LogP contribution in [0.1, 0.15) is 12.5 Å². The van der Waals surface area contributed by atoms with Gasteiger partial charge < -0.3 is 10.2 Å². The summed E-state index contributed by atoms with van der Waals surface area (Å²) in [6.07, 6.45) is 0.894. The zero-order chi connectivity index (χ0) is 24.1. The number of amides is 2. The molecule has 0 unspecified atom stereocenters. The van der Waals surface area contributed by atoms with Gasteiger partial charge in [0.15, 0.2) is 0 Å². The standard InChI is InChI=1S/C20H23ClN4O6S/c1-14(20(27)22-2)23(12-15-7-9-16(21)10-8-15)19(26)13-24(32(3,30)31)17-5-4-6-18(11-17)25(28)29/h4-11,14H,12-13H2,1-3H3,(H,22,27)/t14-/m0/s1. The van der Waals surface area contributed by atoms with Crippen LogP contribution in [0.3, 0.4) is 0 Å². The second-order valence-electron chi connectivity index (χ2n) is 6.98. The van der Waals surface area contributed by atoms with Gasteiger partial charge in [-0.05, 0) is 30.7 Å². The van der Waals surface area contributed by atoms with Crippen LogP contribution in [-0.4, -0.2) is 55.9 Å². The molecule has 0 aromatic heterocycles. The maximum absolute atomic E-state index is 13.2. The van der Waals surface area contributed by atoms with E-state index in [-0.39, 0.29) is 17.9 Å². The van der Waals surface area contributed by atoms with Crippen molar-refractivity contribution in [2.45, 2.75) is 19.5 Å². The number of hydrogen-bond acceptors (Lipinski definition) is 6. The van der Waals surface area contributed by atoms with Crippen molar-refractivity contribution in [2.75, 3.05) is 24.2 Å². The predicted molar refractivity (Wildman–Crippen MR) is 121 cm³/mol. The van der Waals surface area contributed by atoms with E-state index in [9.17, 15) is 28.1 Å². The van der Waals surface area contributed by atoms with E-state index < -0.39 is 39.3 Å². The van der Waals surface area contributed by atoms with Crippen molar-refractivity contribution in [3.8, 4) is 0 Å². The van der Waals surface area contributed by atoms with Crippen LogP contribution in [0.5, 0.6) is 0 Å². The number of rotatable bonds is 9. The molecule has 0 spiro atoms. The number of sulfonamides is 1. The van der Waals surface area contributed by atoms with Gasteiger partial charge in [-0.1, -0.05) is 29.8 Å². The summed E-state index contributed by atoms with van der Waals surface area (Å²) in [6, 6.07) is 10.7. The summed E-state index contributed by atoms with van der Waals surface area (Å²) >= 11 is 5.90. The molecule has 0 saturated heterocycles. The molecular formula is C20H23ClN4O6S. The Kier molecular flexibility index (Phi) is 8.17. The summed E-state index contributed by atoms with van der Waals surface area (Å²) in [5, 5.41) is 14.1. The number of likely N-dealkylation sites (N-methyl/N-ethyl adjacent to an activating group) is 1. The third-order valence-corrected chi connectivity index (χ3v) is 6.08. The highest BCUT2D eigenvalue weighted by atomic mass is 35.5. The van der Waals surface area contributed by atoms with Crippen molar-refractivity contribution in [3.05, 3.63) is 69.2 Å². The number of nitro groups is 1. The molecule has 0 aliphatic heterocycles. The molecule has 12 heteroatoms. The molecule has 0 saturated carbocycles. The van der Waals surface area contributed by atoms with Crippen LogP contribution in [0, 0.1) is 10.1 Å². The minimum Gasteiger partial charge on any atom is -0.357 e. The average molecular weight is 483 g/mol. The molecule has 32 heavy (non-hydrogen) atoms. The van der Waals surface area contributed by atoms with Gasteiger partial charge in [-0.15, -0.1) is 0 Å². The molecule has 2 rings (SSSR count). The van der Waals surface area contributed by atoms with E-state index in [0.717, 1.165) is 16.6 Å². The quantitative estimate of drug-likeness (QED) is 0.430. The summed E-state index contributed by atoms with van der Waals surface area (Å²) in [7, 11) is -2.55. The van der Waals surface area contributed by atoms with Crippen molar-refractivity contribution in [1.29, 1.82) is 0 Å². The number of nitrogens with zero attached hydrogens (tertiary/aromatic N) is 3. The fourth-order valence-electron chi connectivity index (χ4n) is 2.95. The van der Waals surface area contributed by atoms with E-state index in [1.807, 2.05) is 0 Å². The van der Waals surface area contributed by atoms with Gasteiger partial charge in [-0.25, -0.2) is 8.42 Å². The number of benzene rings is 2. The van der Waals surface area contributed by atoms with Crippen LogP contribution in [0.4, 0.5) is 11.4 Å². The second-order valence-corrected chi connectivity index (χ2v) is 9.33. The Morgan fingerprint density at radius 1 is 1.19 bits per heavy atom. The zero-order valence-electron chi connectivity index (χ0n) is 17.7. The molecule has 1 atom stereocenters. The molecule has 2 aromatic carbocycles. The van der Waals surface area contributed by atoms with Crippen molar-refractivity contribution < 1.29 is 22.9 Å². The number of anilines is 1. The molecule has 10 nitrogen and oxygen atoms in total. The van der Waals surface area contributed by atoms with Gasteiger partial charge in [-0.2, -0.15) is 0 Å². The number of hydrogen-bond donors (Lipinski definition) is 1. The lowest BCUT2D eigenvalue weighted by molar-refractivity contribution is -0.384. The van der Waals surface area contributed by atoms with Gasteiger partial charge in [0.25, 0.3) is 5.69 Å². The molecule has 0 aliphatic carbocycles. The smallest absolute Gasteiger partial charge is 0.271 e. The molecule has 2 aromatic rings. The summed E-state index contributed by atoms with van der Waals surface area (Å²) in [5.74, 6) is -1.10. The molecule has 0 heterocycles. The summed E-state index contributed by atoms with van der Waals surface area (Å²) in [5.41, 5.74) is 0.328. The molecule has 172 valence electrons. The maximum atomic E-state index is 13.2. The van der Waals surface area contributed by atoms with Gasteiger partial charge in [-0.3, -0.25) is 24.0 Å². The second kappa shape index (κ2) is 10.4. The molecule has 0 fully saturated rings. The SMILES string of the molecule is CNC(=O)[C@H](C)N(Cc1ccc(Cl)cc1)C(=O)CN(c1cccc([N+](=O)[O-])c1)S(C)(=O)=O. The van der Waals surface area contributed by atoms with E-state index in [2.05, 4.69) is 5.32 Å². The monoisotopic (exact) mass is 482 g/mol. The van der Waals surface area contributed by atoms with Crippen LogP contribution in [0.15, 0.2) is 48.5 Å². The molecular weight excluding hydrogens is 460 g/mol. The third-order valence-electron chi connectivity index (χ3n) is 4.69. The lowest BCUT2D eigenvalue weighted by Gasteiger charge is -2.31. The van der Waals surface area contributed by atoms with E-state index in [1.54, 1.807) is 24.3 Å². The number of nitrogens with one attached hydrogen (secondary N) is 1. The van der Waals surface area contributed by atoms with Gasteiger partial charge in [0.2, 0.25) is 21.8 Å². The number of halogens is 1. The van der Waals surface area contributed by atoms with Crippen LogP contribution in [0.25, 0.3) is 0 Å². The Morgan fingerprint density at radius 2 is 1.81 bits per heavy atom. The molecule has 2 amide bonds. The molecule has 0 bridgehead atoms. The zero-order valence-corrected chi connectivity index (χ0v) is 19.3. The maximum Gasteiger partial charge on any atom is 0.271 e. The number of carbonyl (C=O) groups is 2. The van der Waals surface area contributed by atoms with Gasteiger partial charge >= 0.3 is 0 Å². The number of non-ortho nitro benzene ring substituents is 1. The Morgan fingerprint density at radius 3 is 2.34 bits per heavy atom. The first-order valence-corrected chi connectivity index (χ1v) is 11.6. The minimum absolute atomic E-state index is 0.0249. The van der Waals surface area contributed by atoms with Gasteiger partial charge in [0.1, 0.15) is 12.6 Å². The lowest BCUT2D eigenvalue weighted by atomic mass is 10.1. The largest absolute Gasteiger partial charge is 0.357 e.